The maximum atomic E-state index is 13.8. The Labute approximate surface area is 177 Å². The first-order chi connectivity index (χ1) is 14.3. The second kappa shape index (κ2) is 8.23. The smallest absolute Gasteiger partial charge is 0.405 e. The summed E-state index contributed by atoms with van der Waals surface area (Å²) in [7, 11) is 0. The Bertz CT molecular complexity index is 898. The number of hydrazine groups is 1. The lowest BCUT2D eigenvalue weighted by atomic mass is 9.70. The number of hydrogen-bond donors (Lipinski definition) is 2. The maximum Gasteiger partial charge on any atom is 0.405 e. The minimum Gasteiger partial charge on any atom is -0.460 e. The molecule has 10 heteroatoms. The summed E-state index contributed by atoms with van der Waals surface area (Å²) >= 11 is 0. The van der Waals surface area contributed by atoms with Gasteiger partial charge in [0.1, 0.15) is 11.9 Å². The van der Waals surface area contributed by atoms with Crippen LogP contribution >= 0.6 is 0 Å². The average Bonchev–Trinajstić information content (AvgIpc) is 3.05. The zero-order valence-electron chi connectivity index (χ0n) is 17.6. The molecule has 31 heavy (non-hydrogen) atoms. The van der Waals surface area contributed by atoms with Crippen LogP contribution in [-0.2, 0) is 9.53 Å². The van der Waals surface area contributed by atoms with Gasteiger partial charge in [-0.3, -0.25) is 4.79 Å². The number of benzene rings is 1. The summed E-state index contributed by atoms with van der Waals surface area (Å²) in [5, 5.41) is 0. The van der Waals surface area contributed by atoms with Crippen molar-refractivity contribution in [1.29, 1.82) is 0 Å². The van der Waals surface area contributed by atoms with E-state index in [-0.39, 0.29) is 17.7 Å². The van der Waals surface area contributed by atoms with E-state index in [0.717, 1.165) is 6.07 Å². The summed E-state index contributed by atoms with van der Waals surface area (Å²) in [5.41, 5.74) is 3.70. The minimum atomic E-state index is -4.58. The first kappa shape index (κ1) is 23.2. The number of esters is 1. The number of ether oxygens (including phenoxy) is 1. The maximum absolute atomic E-state index is 13.8. The highest BCUT2D eigenvalue weighted by atomic mass is 19.4. The van der Waals surface area contributed by atoms with Crippen LogP contribution in [-0.4, -0.2) is 47.7 Å². The van der Waals surface area contributed by atoms with Crippen LogP contribution in [0.5, 0.6) is 0 Å². The molecule has 6 nitrogen and oxygen atoms in total. The third kappa shape index (κ3) is 4.74. The number of fused-ring (bicyclic) bond motifs is 1. The molecule has 0 saturated carbocycles. The zero-order chi connectivity index (χ0) is 23.1. The molecule has 1 amide bonds. The molecule has 0 radical (unpaired) electrons. The highest BCUT2D eigenvalue weighted by Gasteiger charge is 2.59. The van der Waals surface area contributed by atoms with E-state index in [2.05, 4.69) is 10.9 Å². The fourth-order valence-corrected chi connectivity index (χ4v) is 4.23. The molecule has 1 fully saturated rings. The van der Waals surface area contributed by atoms with Crippen LogP contribution < -0.4 is 10.9 Å². The molecule has 0 bridgehead atoms. The van der Waals surface area contributed by atoms with Crippen LogP contribution in [0, 0.1) is 17.2 Å². The predicted octanol–water partition coefficient (Wildman–Crippen LogP) is 3.17. The van der Waals surface area contributed by atoms with E-state index in [1.54, 1.807) is 27.7 Å². The van der Waals surface area contributed by atoms with Gasteiger partial charge in [0, 0.05) is 24.2 Å². The molecule has 170 valence electrons. The molecular weight excluding hydrogens is 418 g/mol. The summed E-state index contributed by atoms with van der Waals surface area (Å²) in [6.07, 6.45) is -3.88. The fraction of sp³-hybridized carbons (Fsp3) is 0.524. The van der Waals surface area contributed by atoms with Gasteiger partial charge < -0.3 is 9.64 Å². The molecule has 2 N–H and O–H groups in total. The van der Waals surface area contributed by atoms with Gasteiger partial charge >= 0.3 is 12.1 Å². The van der Waals surface area contributed by atoms with E-state index in [1.165, 1.54) is 29.3 Å². The number of rotatable bonds is 3. The van der Waals surface area contributed by atoms with Gasteiger partial charge in [0.25, 0.3) is 5.91 Å². The molecule has 2 heterocycles. The van der Waals surface area contributed by atoms with Gasteiger partial charge in [-0.05, 0) is 37.5 Å². The molecule has 0 aliphatic carbocycles. The van der Waals surface area contributed by atoms with Crippen LogP contribution in [0.1, 0.15) is 38.1 Å². The summed E-state index contributed by atoms with van der Waals surface area (Å²) < 4.78 is 60.1. The van der Waals surface area contributed by atoms with Gasteiger partial charge in [0.15, 0.2) is 0 Å². The number of nitrogens with zero attached hydrogens (tertiary/aromatic N) is 1. The lowest BCUT2D eigenvalue weighted by Gasteiger charge is -2.38. The molecule has 3 atom stereocenters. The summed E-state index contributed by atoms with van der Waals surface area (Å²) in [6.45, 7) is 6.33. The largest absolute Gasteiger partial charge is 0.460 e. The highest BCUT2D eigenvalue weighted by molar-refractivity contribution is 5.97. The van der Waals surface area contributed by atoms with Crippen molar-refractivity contribution >= 4 is 11.9 Å². The molecule has 2 aliphatic rings. The van der Waals surface area contributed by atoms with Crippen LogP contribution in [0.25, 0.3) is 0 Å². The molecule has 2 aliphatic heterocycles. The number of nitrogens with one attached hydrogen (secondary N) is 2. The minimum absolute atomic E-state index is 0.0224. The summed E-state index contributed by atoms with van der Waals surface area (Å²) in [4.78, 5) is 27.0. The lowest BCUT2D eigenvalue weighted by molar-refractivity contribution is -0.170. The Balaban J connectivity index is 2.08. The highest BCUT2D eigenvalue weighted by Crippen LogP contribution is 2.45. The van der Waals surface area contributed by atoms with E-state index >= 15 is 0 Å². The van der Waals surface area contributed by atoms with Crippen molar-refractivity contribution in [3.8, 4) is 0 Å². The molecule has 3 unspecified atom stereocenters. The third-order valence-corrected chi connectivity index (χ3v) is 5.49. The third-order valence-electron chi connectivity index (χ3n) is 5.49. The molecule has 1 saturated heterocycles. The van der Waals surface area contributed by atoms with Crippen molar-refractivity contribution in [2.45, 2.75) is 52.1 Å². The van der Waals surface area contributed by atoms with E-state index in [4.69, 9.17) is 4.74 Å². The first-order valence-corrected chi connectivity index (χ1v) is 9.88. The first-order valence-electron chi connectivity index (χ1n) is 9.88. The van der Waals surface area contributed by atoms with Crippen molar-refractivity contribution in [2.75, 3.05) is 6.54 Å². The summed E-state index contributed by atoms with van der Waals surface area (Å²) in [6, 6.07) is 2.01. The second-order valence-electron chi connectivity index (χ2n) is 8.78. The lowest BCUT2D eigenvalue weighted by Crippen LogP contribution is -2.50. The molecule has 0 aromatic heterocycles. The predicted molar refractivity (Wildman–Crippen MR) is 104 cm³/mol. The number of amides is 1. The SMILES string of the molecule is CC(C)OC(=O)C1=CN(C(=O)c2cccc(F)c2)CC(C)(C)C2C1NNC2C(F)(F)F. The number of hydrogen-bond acceptors (Lipinski definition) is 5. The van der Waals surface area contributed by atoms with Gasteiger partial charge in [-0.15, -0.1) is 0 Å². The van der Waals surface area contributed by atoms with E-state index in [9.17, 15) is 27.2 Å². The van der Waals surface area contributed by atoms with Crippen molar-refractivity contribution < 1.29 is 31.9 Å². The molecular formula is C21H25F4N3O3. The average molecular weight is 443 g/mol. The Hall–Kier alpha value is -2.46. The van der Waals surface area contributed by atoms with E-state index in [1.807, 2.05) is 0 Å². The van der Waals surface area contributed by atoms with Crippen LogP contribution in [0.15, 0.2) is 36.0 Å². The topological polar surface area (TPSA) is 70.7 Å². The Morgan fingerprint density at radius 2 is 1.90 bits per heavy atom. The Kier molecular flexibility index (Phi) is 6.16. The standard InChI is InChI=1S/C21H25F4N3O3/c1-11(2)31-19(30)14-9-28(18(29)12-6-5-7-13(22)8-12)10-20(3,4)15-16(14)26-27-17(15)21(23,24)25/h5-9,11,15-17,26-27H,10H2,1-4H3. The Morgan fingerprint density at radius 3 is 2.48 bits per heavy atom. The zero-order valence-corrected chi connectivity index (χ0v) is 17.6. The quantitative estimate of drug-likeness (QED) is 0.555. The van der Waals surface area contributed by atoms with Crippen LogP contribution in [0.4, 0.5) is 17.6 Å². The normalized spacial score (nSPS) is 25.6. The summed E-state index contributed by atoms with van der Waals surface area (Å²) in [5.74, 6) is -3.18. The van der Waals surface area contributed by atoms with Gasteiger partial charge in [-0.1, -0.05) is 19.9 Å². The van der Waals surface area contributed by atoms with Gasteiger partial charge in [-0.2, -0.15) is 13.2 Å². The number of carbonyl (C=O) groups is 2. The monoisotopic (exact) mass is 443 g/mol. The molecule has 1 aromatic carbocycles. The van der Waals surface area contributed by atoms with Gasteiger partial charge in [-0.25, -0.2) is 20.0 Å². The van der Waals surface area contributed by atoms with E-state index in [0.29, 0.717) is 0 Å². The number of alkyl halides is 3. The van der Waals surface area contributed by atoms with Gasteiger partial charge in [0.2, 0.25) is 0 Å². The van der Waals surface area contributed by atoms with Crippen LogP contribution in [0.3, 0.4) is 0 Å². The Morgan fingerprint density at radius 1 is 1.23 bits per heavy atom. The van der Waals surface area contributed by atoms with Crippen LogP contribution in [0.2, 0.25) is 0 Å². The van der Waals surface area contributed by atoms with E-state index < -0.39 is 53.4 Å². The van der Waals surface area contributed by atoms with Crippen molar-refractivity contribution in [2.24, 2.45) is 11.3 Å². The van der Waals surface area contributed by atoms with Crippen molar-refractivity contribution in [3.05, 3.63) is 47.4 Å². The van der Waals surface area contributed by atoms with Crippen molar-refractivity contribution in [3.63, 3.8) is 0 Å². The second-order valence-corrected chi connectivity index (χ2v) is 8.78. The molecule has 1 aromatic rings. The fourth-order valence-electron chi connectivity index (χ4n) is 4.23. The van der Waals surface area contributed by atoms with Gasteiger partial charge in [0.05, 0.1) is 17.7 Å². The number of carbonyl (C=O) groups excluding carboxylic acids is 2. The molecule has 0 spiro atoms. The number of halogens is 4. The van der Waals surface area contributed by atoms with Crippen molar-refractivity contribution in [1.82, 2.24) is 15.8 Å². The molecule has 3 rings (SSSR count).